The van der Waals surface area contributed by atoms with E-state index in [1.54, 1.807) is 0 Å². The Morgan fingerprint density at radius 1 is 1.25 bits per heavy atom. The van der Waals surface area contributed by atoms with Gasteiger partial charge in [-0.25, -0.2) is 9.97 Å². The van der Waals surface area contributed by atoms with Crippen molar-refractivity contribution in [3.05, 3.63) is 18.1 Å². The van der Waals surface area contributed by atoms with Gasteiger partial charge in [-0.3, -0.25) is 0 Å². The summed E-state index contributed by atoms with van der Waals surface area (Å²) < 4.78 is 40.2. The molecule has 0 aliphatic heterocycles. The van der Waals surface area contributed by atoms with E-state index in [1.807, 2.05) is 0 Å². The van der Waals surface area contributed by atoms with Crippen molar-refractivity contribution >= 4 is 0 Å². The van der Waals surface area contributed by atoms with E-state index in [0.29, 0.717) is 6.20 Å². The van der Waals surface area contributed by atoms with Crippen LogP contribution in [0.15, 0.2) is 12.4 Å². The van der Waals surface area contributed by atoms with Gasteiger partial charge in [0.05, 0.1) is 19.5 Å². The highest BCUT2D eigenvalue weighted by Gasteiger charge is 2.32. The van der Waals surface area contributed by atoms with E-state index in [4.69, 9.17) is 0 Å². The van der Waals surface area contributed by atoms with Crippen LogP contribution < -0.4 is 4.74 Å². The second-order valence-corrected chi connectivity index (χ2v) is 1.94. The predicted octanol–water partition coefficient (Wildman–Crippen LogP) is 1.50. The van der Waals surface area contributed by atoms with Crippen molar-refractivity contribution in [1.82, 2.24) is 9.97 Å². The molecule has 0 fully saturated rings. The maximum Gasteiger partial charge on any atom is 0.434 e. The van der Waals surface area contributed by atoms with Crippen molar-refractivity contribution in [1.29, 1.82) is 0 Å². The van der Waals surface area contributed by atoms with Gasteiger partial charge in [0.2, 0.25) is 5.88 Å². The summed E-state index contributed by atoms with van der Waals surface area (Å²) in [6.45, 7) is 0. The Kier molecular flexibility index (Phi) is 2.16. The molecular formula is C6H5F3N2O. The average Bonchev–Trinajstić information content (AvgIpc) is 2.03. The molecule has 3 nitrogen and oxygen atoms in total. The van der Waals surface area contributed by atoms with E-state index >= 15 is 0 Å². The molecule has 0 spiro atoms. The Morgan fingerprint density at radius 2 is 1.92 bits per heavy atom. The molecule has 1 rings (SSSR count). The van der Waals surface area contributed by atoms with Gasteiger partial charge in [-0.05, 0) is 0 Å². The molecule has 0 aliphatic rings. The van der Waals surface area contributed by atoms with E-state index < -0.39 is 11.9 Å². The fourth-order valence-electron chi connectivity index (χ4n) is 0.568. The topological polar surface area (TPSA) is 35.0 Å². The highest BCUT2D eigenvalue weighted by Crippen LogP contribution is 2.26. The van der Waals surface area contributed by atoms with Crippen LogP contribution in [0.25, 0.3) is 0 Å². The summed E-state index contributed by atoms with van der Waals surface area (Å²) in [5, 5.41) is 0. The first-order valence-corrected chi connectivity index (χ1v) is 2.97. The molecule has 0 unspecified atom stereocenters. The van der Waals surface area contributed by atoms with Gasteiger partial charge in [-0.1, -0.05) is 0 Å². The van der Waals surface area contributed by atoms with Crippen molar-refractivity contribution in [3.63, 3.8) is 0 Å². The SMILES string of the molecule is COc1cnc(C(F)(F)F)cn1. The van der Waals surface area contributed by atoms with E-state index in [1.165, 1.54) is 7.11 Å². The zero-order chi connectivity index (χ0) is 9.19. The van der Waals surface area contributed by atoms with Gasteiger partial charge in [0, 0.05) is 0 Å². The number of halogens is 3. The summed E-state index contributed by atoms with van der Waals surface area (Å²) in [7, 11) is 1.30. The minimum atomic E-state index is -4.45. The van der Waals surface area contributed by atoms with Crippen LogP contribution in [0.4, 0.5) is 13.2 Å². The van der Waals surface area contributed by atoms with E-state index in [2.05, 4.69) is 14.7 Å². The first-order chi connectivity index (χ1) is 5.54. The van der Waals surface area contributed by atoms with Gasteiger partial charge >= 0.3 is 6.18 Å². The monoisotopic (exact) mass is 178 g/mol. The highest BCUT2D eigenvalue weighted by atomic mass is 19.4. The van der Waals surface area contributed by atoms with Crippen molar-refractivity contribution in [2.45, 2.75) is 6.18 Å². The Balaban J connectivity index is 2.93. The van der Waals surface area contributed by atoms with Crippen molar-refractivity contribution in [3.8, 4) is 5.88 Å². The fourth-order valence-corrected chi connectivity index (χ4v) is 0.568. The normalized spacial score (nSPS) is 11.3. The third-order valence-electron chi connectivity index (χ3n) is 1.13. The number of nitrogens with zero attached hydrogens (tertiary/aromatic N) is 2. The minimum absolute atomic E-state index is 0.0583. The molecule has 0 aromatic carbocycles. The van der Waals surface area contributed by atoms with Crippen molar-refractivity contribution in [2.24, 2.45) is 0 Å². The molecule has 0 saturated carbocycles. The molecule has 1 heterocycles. The summed E-state index contributed by atoms with van der Waals surface area (Å²) in [6, 6.07) is 0. The van der Waals surface area contributed by atoms with Gasteiger partial charge in [0.15, 0.2) is 5.69 Å². The molecule has 6 heteroatoms. The van der Waals surface area contributed by atoms with Gasteiger partial charge in [0.25, 0.3) is 0 Å². The molecule has 66 valence electrons. The molecule has 0 N–H and O–H groups in total. The summed E-state index contributed by atoms with van der Waals surface area (Å²) in [5.74, 6) is 0.0583. The molecule has 0 amide bonds. The summed E-state index contributed by atoms with van der Waals surface area (Å²) in [4.78, 5) is 6.47. The number of aromatic nitrogens is 2. The molecular weight excluding hydrogens is 173 g/mol. The minimum Gasteiger partial charge on any atom is -0.480 e. The summed E-state index contributed by atoms with van der Waals surface area (Å²) in [5.41, 5.74) is -1.02. The molecule has 0 bridgehead atoms. The molecule has 1 aromatic rings. The van der Waals surface area contributed by atoms with Gasteiger partial charge in [-0.15, -0.1) is 0 Å². The largest absolute Gasteiger partial charge is 0.480 e. The first-order valence-electron chi connectivity index (χ1n) is 2.97. The van der Waals surface area contributed by atoms with Crippen LogP contribution >= 0.6 is 0 Å². The molecule has 12 heavy (non-hydrogen) atoms. The predicted molar refractivity (Wildman–Crippen MR) is 33.6 cm³/mol. The van der Waals surface area contributed by atoms with Crippen LogP contribution in [0, 0.1) is 0 Å². The quantitative estimate of drug-likeness (QED) is 0.653. The maximum atomic E-state index is 11.9. The smallest absolute Gasteiger partial charge is 0.434 e. The van der Waals surface area contributed by atoms with E-state index in [9.17, 15) is 13.2 Å². The molecule has 1 aromatic heterocycles. The molecule has 0 radical (unpaired) electrons. The third-order valence-corrected chi connectivity index (χ3v) is 1.13. The lowest BCUT2D eigenvalue weighted by molar-refractivity contribution is -0.141. The second-order valence-electron chi connectivity index (χ2n) is 1.94. The van der Waals surface area contributed by atoms with E-state index in [-0.39, 0.29) is 5.88 Å². The third kappa shape index (κ3) is 1.84. The van der Waals surface area contributed by atoms with Gasteiger partial charge in [-0.2, -0.15) is 13.2 Å². The number of alkyl halides is 3. The van der Waals surface area contributed by atoms with Crippen LogP contribution in [0.1, 0.15) is 5.69 Å². The fraction of sp³-hybridized carbons (Fsp3) is 0.333. The van der Waals surface area contributed by atoms with Crippen molar-refractivity contribution < 1.29 is 17.9 Å². The number of ether oxygens (including phenoxy) is 1. The maximum absolute atomic E-state index is 11.9. The Labute approximate surface area is 66.2 Å². The molecule has 0 atom stereocenters. The van der Waals surface area contributed by atoms with Gasteiger partial charge < -0.3 is 4.74 Å². The number of hydrogen-bond acceptors (Lipinski definition) is 3. The van der Waals surface area contributed by atoms with E-state index in [0.717, 1.165) is 6.20 Å². The summed E-state index contributed by atoms with van der Waals surface area (Å²) >= 11 is 0. The van der Waals surface area contributed by atoms with Crippen LogP contribution in [0.5, 0.6) is 5.88 Å². The Morgan fingerprint density at radius 3 is 2.25 bits per heavy atom. The van der Waals surface area contributed by atoms with Crippen molar-refractivity contribution in [2.75, 3.05) is 7.11 Å². The summed E-state index contributed by atoms with van der Waals surface area (Å²) in [6.07, 6.45) is -2.90. The lowest BCUT2D eigenvalue weighted by atomic mass is 10.4. The standard InChI is InChI=1S/C6H5F3N2O/c1-12-5-3-10-4(2-11-5)6(7,8)9/h2-3H,1H3. The lowest BCUT2D eigenvalue weighted by Crippen LogP contribution is -2.08. The number of rotatable bonds is 1. The Hall–Kier alpha value is -1.33. The number of hydrogen-bond donors (Lipinski definition) is 0. The van der Waals surface area contributed by atoms with Crippen LogP contribution in [-0.4, -0.2) is 17.1 Å². The Bertz CT molecular complexity index is 256. The zero-order valence-corrected chi connectivity index (χ0v) is 6.09. The highest BCUT2D eigenvalue weighted by molar-refractivity contribution is 5.08. The van der Waals surface area contributed by atoms with Crippen LogP contribution in [0.2, 0.25) is 0 Å². The molecule has 0 aliphatic carbocycles. The van der Waals surface area contributed by atoms with Crippen LogP contribution in [0.3, 0.4) is 0 Å². The lowest BCUT2D eigenvalue weighted by Gasteiger charge is -2.04. The first kappa shape index (κ1) is 8.76. The van der Waals surface area contributed by atoms with Crippen LogP contribution in [-0.2, 0) is 6.18 Å². The zero-order valence-electron chi connectivity index (χ0n) is 6.09. The molecule has 0 saturated heterocycles. The van der Waals surface area contributed by atoms with Gasteiger partial charge in [0.1, 0.15) is 0 Å². The number of methoxy groups -OCH3 is 1. The average molecular weight is 178 g/mol. The second kappa shape index (κ2) is 2.96.